The van der Waals surface area contributed by atoms with E-state index in [-0.39, 0.29) is 5.75 Å². The summed E-state index contributed by atoms with van der Waals surface area (Å²) in [6.07, 6.45) is 3.59. The Labute approximate surface area is 107 Å². The zero-order chi connectivity index (χ0) is 13.4. The van der Waals surface area contributed by atoms with Crippen LogP contribution in [-0.2, 0) is 6.42 Å². The van der Waals surface area contributed by atoms with Crippen molar-refractivity contribution in [3.63, 3.8) is 0 Å². The number of rotatable bonds is 8. The van der Waals surface area contributed by atoms with Gasteiger partial charge >= 0.3 is 0 Å². The third-order valence-electron chi connectivity index (χ3n) is 2.75. The van der Waals surface area contributed by atoms with Crippen LogP contribution in [0.4, 0.5) is 0 Å². The van der Waals surface area contributed by atoms with Crippen LogP contribution in [-0.4, -0.2) is 25.9 Å². The van der Waals surface area contributed by atoms with Crippen molar-refractivity contribution in [2.24, 2.45) is 5.18 Å². The van der Waals surface area contributed by atoms with Gasteiger partial charge in [-0.15, -0.1) is 0 Å². The van der Waals surface area contributed by atoms with Crippen LogP contribution < -0.4 is 9.47 Å². The monoisotopic (exact) mass is 253 g/mol. The number of unbranched alkanes of at least 4 members (excludes halogenated alkanes) is 2. The fourth-order valence-corrected chi connectivity index (χ4v) is 1.77. The Balaban J connectivity index is 2.62. The first-order valence-electron chi connectivity index (χ1n) is 5.96. The van der Waals surface area contributed by atoms with Gasteiger partial charge in [0.2, 0.25) is 5.75 Å². The molecule has 0 amide bonds. The van der Waals surface area contributed by atoms with Gasteiger partial charge in [0.25, 0.3) is 0 Å². The average Bonchev–Trinajstić information content (AvgIpc) is 2.40. The number of phenolic OH excluding ortho intramolecular Hbond substituents is 1. The van der Waals surface area contributed by atoms with Crippen molar-refractivity contribution in [2.75, 3.05) is 20.8 Å². The number of aromatic hydroxyl groups is 1. The molecule has 0 saturated carbocycles. The van der Waals surface area contributed by atoms with Gasteiger partial charge in [0.15, 0.2) is 11.5 Å². The second kappa shape index (κ2) is 7.53. The fraction of sp³-hybridized carbons (Fsp3) is 0.538. The molecule has 0 unspecified atom stereocenters. The van der Waals surface area contributed by atoms with Gasteiger partial charge in [-0.3, -0.25) is 0 Å². The van der Waals surface area contributed by atoms with Crippen molar-refractivity contribution < 1.29 is 14.6 Å². The highest BCUT2D eigenvalue weighted by molar-refractivity contribution is 5.52. The molecule has 5 nitrogen and oxygen atoms in total. The van der Waals surface area contributed by atoms with Crippen LogP contribution in [0.2, 0.25) is 0 Å². The van der Waals surface area contributed by atoms with Crippen molar-refractivity contribution in [3.05, 3.63) is 22.6 Å². The summed E-state index contributed by atoms with van der Waals surface area (Å²) in [4.78, 5) is 9.93. The summed E-state index contributed by atoms with van der Waals surface area (Å²) in [7, 11) is 3.02. The predicted octanol–water partition coefficient (Wildman–Crippen LogP) is 2.89. The van der Waals surface area contributed by atoms with E-state index in [1.165, 1.54) is 14.2 Å². The zero-order valence-corrected chi connectivity index (χ0v) is 10.8. The molecule has 0 aliphatic rings. The van der Waals surface area contributed by atoms with E-state index in [9.17, 15) is 10.0 Å². The fourth-order valence-electron chi connectivity index (χ4n) is 1.77. The van der Waals surface area contributed by atoms with Crippen LogP contribution >= 0.6 is 0 Å². The Morgan fingerprint density at radius 1 is 1.11 bits per heavy atom. The standard InChI is InChI=1S/C13H19NO4/c1-17-11-8-10(6-4-3-5-7-14-16)9-12(18-2)13(11)15/h8-9,15H,3-7H2,1-2H3. The first kappa shape index (κ1) is 14.3. The van der Waals surface area contributed by atoms with Crippen LogP contribution in [0.5, 0.6) is 17.2 Å². The minimum absolute atomic E-state index is 0.0221. The molecule has 0 aliphatic carbocycles. The lowest BCUT2D eigenvalue weighted by molar-refractivity contribution is 0.339. The summed E-state index contributed by atoms with van der Waals surface area (Å²) in [6.45, 7) is 0.377. The van der Waals surface area contributed by atoms with E-state index in [4.69, 9.17) is 9.47 Å². The molecular weight excluding hydrogens is 234 g/mol. The van der Waals surface area contributed by atoms with E-state index < -0.39 is 0 Å². The van der Waals surface area contributed by atoms with Gasteiger partial charge in [0, 0.05) is 0 Å². The second-order valence-electron chi connectivity index (χ2n) is 4.01. The van der Waals surface area contributed by atoms with Gasteiger partial charge < -0.3 is 14.6 Å². The Morgan fingerprint density at radius 2 is 1.72 bits per heavy atom. The number of nitrogens with zero attached hydrogens (tertiary/aromatic N) is 1. The van der Waals surface area contributed by atoms with Crippen LogP contribution in [0, 0.1) is 4.91 Å². The summed E-state index contributed by atoms with van der Waals surface area (Å²) in [5.41, 5.74) is 1.04. The molecule has 0 heterocycles. The van der Waals surface area contributed by atoms with Gasteiger partial charge in [-0.1, -0.05) is 11.6 Å². The third kappa shape index (κ3) is 3.91. The smallest absolute Gasteiger partial charge is 0.200 e. The minimum Gasteiger partial charge on any atom is -0.502 e. The number of hydrogen-bond acceptors (Lipinski definition) is 5. The topological polar surface area (TPSA) is 68.1 Å². The molecule has 1 N–H and O–H groups in total. The minimum atomic E-state index is 0.0221. The van der Waals surface area contributed by atoms with E-state index in [1.54, 1.807) is 12.1 Å². The normalized spacial score (nSPS) is 10.1. The lowest BCUT2D eigenvalue weighted by atomic mass is 10.1. The molecule has 1 aromatic rings. The van der Waals surface area contributed by atoms with Crippen molar-refractivity contribution in [3.8, 4) is 17.2 Å². The van der Waals surface area contributed by atoms with Crippen LogP contribution in [0.3, 0.4) is 0 Å². The van der Waals surface area contributed by atoms with Gasteiger partial charge in [-0.05, 0) is 37.0 Å². The molecule has 1 rings (SSSR count). The number of ether oxygens (including phenoxy) is 2. The molecule has 0 saturated heterocycles. The van der Waals surface area contributed by atoms with Crippen molar-refractivity contribution >= 4 is 0 Å². The SMILES string of the molecule is COc1cc(CCCCCN=O)cc(OC)c1O. The van der Waals surface area contributed by atoms with Crippen molar-refractivity contribution in [2.45, 2.75) is 25.7 Å². The molecular formula is C13H19NO4. The lowest BCUT2D eigenvalue weighted by Crippen LogP contribution is -1.93. The molecule has 0 atom stereocenters. The molecule has 0 radical (unpaired) electrons. The van der Waals surface area contributed by atoms with Gasteiger partial charge in [-0.2, -0.15) is 4.91 Å². The van der Waals surface area contributed by atoms with Crippen molar-refractivity contribution in [1.29, 1.82) is 0 Å². The molecule has 18 heavy (non-hydrogen) atoms. The molecule has 0 aliphatic heterocycles. The maximum atomic E-state index is 9.93. The molecule has 5 heteroatoms. The summed E-state index contributed by atoms with van der Waals surface area (Å²) < 4.78 is 10.2. The van der Waals surface area contributed by atoms with E-state index >= 15 is 0 Å². The number of phenols is 1. The molecule has 0 bridgehead atoms. The first-order chi connectivity index (χ1) is 8.72. The Kier molecular flexibility index (Phi) is 5.97. The van der Waals surface area contributed by atoms with E-state index in [0.717, 1.165) is 31.2 Å². The number of aryl methyl sites for hydroxylation is 1. The molecule has 100 valence electrons. The third-order valence-corrected chi connectivity index (χ3v) is 2.75. The highest BCUT2D eigenvalue weighted by atomic mass is 16.5. The lowest BCUT2D eigenvalue weighted by Gasteiger charge is -2.11. The van der Waals surface area contributed by atoms with Gasteiger partial charge in [0.05, 0.1) is 20.8 Å². The van der Waals surface area contributed by atoms with Crippen LogP contribution in [0.1, 0.15) is 24.8 Å². The maximum absolute atomic E-state index is 9.93. The Bertz CT molecular complexity index is 368. The largest absolute Gasteiger partial charge is 0.502 e. The average molecular weight is 253 g/mol. The number of nitroso groups, excluding NO2 is 1. The zero-order valence-electron chi connectivity index (χ0n) is 10.8. The van der Waals surface area contributed by atoms with Crippen LogP contribution in [0.15, 0.2) is 17.3 Å². The van der Waals surface area contributed by atoms with Gasteiger partial charge in [-0.25, -0.2) is 0 Å². The summed E-state index contributed by atoms with van der Waals surface area (Å²) in [5, 5.41) is 12.6. The second-order valence-corrected chi connectivity index (χ2v) is 4.01. The quantitative estimate of drug-likeness (QED) is 0.571. The molecule has 1 aromatic carbocycles. The number of benzene rings is 1. The Hall–Kier alpha value is -1.78. The summed E-state index contributed by atoms with van der Waals surface area (Å²) in [6, 6.07) is 3.60. The number of methoxy groups -OCH3 is 2. The predicted molar refractivity (Wildman–Crippen MR) is 69.4 cm³/mol. The Morgan fingerprint density at radius 3 is 2.22 bits per heavy atom. The van der Waals surface area contributed by atoms with E-state index in [1.807, 2.05) is 0 Å². The number of hydrogen-bond donors (Lipinski definition) is 1. The highest BCUT2D eigenvalue weighted by Gasteiger charge is 2.10. The van der Waals surface area contributed by atoms with E-state index in [2.05, 4.69) is 5.18 Å². The summed E-state index contributed by atoms with van der Waals surface area (Å²) >= 11 is 0. The molecule has 0 spiro atoms. The first-order valence-corrected chi connectivity index (χ1v) is 5.96. The van der Waals surface area contributed by atoms with Crippen molar-refractivity contribution in [1.82, 2.24) is 0 Å². The molecule has 0 aromatic heterocycles. The van der Waals surface area contributed by atoms with Crippen LogP contribution in [0.25, 0.3) is 0 Å². The molecule has 0 fully saturated rings. The maximum Gasteiger partial charge on any atom is 0.200 e. The van der Waals surface area contributed by atoms with Gasteiger partial charge in [0.1, 0.15) is 0 Å². The van der Waals surface area contributed by atoms with E-state index in [0.29, 0.717) is 18.0 Å². The summed E-state index contributed by atoms with van der Waals surface area (Å²) in [5.74, 6) is 0.853. The highest BCUT2D eigenvalue weighted by Crippen LogP contribution is 2.37.